The Kier molecular flexibility index (Phi) is 5.26. The topological polar surface area (TPSA) is 94.4 Å². The van der Waals surface area contributed by atoms with Crippen molar-refractivity contribution in [3.63, 3.8) is 0 Å². The number of nitrogens with zero attached hydrogens (tertiary/aromatic N) is 3. The third-order valence-corrected chi connectivity index (χ3v) is 9.76. The Morgan fingerprint density at radius 3 is 2.52 bits per heavy atom. The second-order valence-electron chi connectivity index (χ2n) is 11.1. The minimum atomic E-state index is -0.618. The van der Waals surface area contributed by atoms with E-state index < -0.39 is 5.60 Å². The van der Waals surface area contributed by atoms with Crippen LogP contribution < -0.4 is 5.73 Å². The van der Waals surface area contributed by atoms with E-state index in [-0.39, 0.29) is 22.9 Å². The molecule has 4 N–H and O–H groups in total. The van der Waals surface area contributed by atoms with Gasteiger partial charge < -0.3 is 20.8 Å². The lowest BCUT2D eigenvalue weighted by molar-refractivity contribution is -0.206. The summed E-state index contributed by atoms with van der Waals surface area (Å²) in [6.45, 7) is 4.74. The Bertz CT molecular complexity index is 694. The van der Waals surface area contributed by atoms with Gasteiger partial charge in [0.15, 0.2) is 0 Å². The molecule has 4 saturated carbocycles. The van der Waals surface area contributed by atoms with E-state index in [1.54, 1.807) is 4.90 Å². The Morgan fingerprint density at radius 2 is 1.79 bits per heavy atom. The molecule has 0 spiro atoms. The van der Waals surface area contributed by atoms with Gasteiger partial charge in [0.2, 0.25) is 5.96 Å². The first-order valence-electron chi connectivity index (χ1n) is 11.6. The highest BCUT2D eigenvalue weighted by atomic mass is 16.3. The summed E-state index contributed by atoms with van der Waals surface area (Å²) in [6.07, 6.45) is 11.1. The van der Waals surface area contributed by atoms with Gasteiger partial charge in [0, 0.05) is 31.6 Å². The maximum absolute atomic E-state index is 12.1. The third kappa shape index (κ3) is 3.13. The normalized spacial score (nSPS) is 50.1. The summed E-state index contributed by atoms with van der Waals surface area (Å²) < 4.78 is 0. The molecule has 0 aromatic rings. The second kappa shape index (κ2) is 7.23. The van der Waals surface area contributed by atoms with Crippen LogP contribution in [0, 0.1) is 34.5 Å². The molecule has 0 bridgehead atoms. The van der Waals surface area contributed by atoms with E-state index in [0.29, 0.717) is 23.7 Å². The van der Waals surface area contributed by atoms with Crippen molar-refractivity contribution in [3.05, 3.63) is 0 Å². The molecule has 0 amide bonds. The minimum Gasteiger partial charge on any atom is -0.393 e. The van der Waals surface area contributed by atoms with E-state index in [0.717, 1.165) is 51.4 Å². The molecule has 0 saturated heterocycles. The number of hydrogen-bond donors (Lipinski definition) is 3. The van der Waals surface area contributed by atoms with Crippen molar-refractivity contribution in [2.75, 3.05) is 14.1 Å². The molecule has 0 aromatic carbocycles. The molecule has 4 rings (SSSR count). The zero-order valence-corrected chi connectivity index (χ0v) is 18.6. The van der Waals surface area contributed by atoms with Gasteiger partial charge in [0.25, 0.3) is 0 Å². The monoisotopic (exact) mass is 404 g/mol. The number of guanidine groups is 1. The fraction of sp³-hybridized carbons (Fsp3) is 0.913. The van der Waals surface area contributed by atoms with Gasteiger partial charge in [-0.2, -0.15) is 5.10 Å². The first-order valence-corrected chi connectivity index (χ1v) is 11.6. The predicted octanol–water partition coefficient (Wildman–Crippen LogP) is 2.98. The molecule has 4 aliphatic carbocycles. The highest BCUT2D eigenvalue weighted by molar-refractivity contribution is 5.78. The van der Waals surface area contributed by atoms with Crippen molar-refractivity contribution in [1.82, 2.24) is 4.90 Å². The highest BCUT2D eigenvalue weighted by Gasteiger charge is 2.66. The zero-order chi connectivity index (χ0) is 21.0. The van der Waals surface area contributed by atoms with Crippen LogP contribution in [0.15, 0.2) is 10.2 Å². The Hall–Kier alpha value is -1.14. The molecule has 0 aliphatic heterocycles. The molecule has 4 aliphatic rings. The molecule has 0 heterocycles. The van der Waals surface area contributed by atoms with Crippen molar-refractivity contribution in [3.8, 4) is 0 Å². The fourth-order valence-electron chi connectivity index (χ4n) is 7.75. The van der Waals surface area contributed by atoms with Gasteiger partial charge in [-0.25, -0.2) is 0 Å². The number of rotatable bonds is 2. The molecule has 6 heteroatoms. The van der Waals surface area contributed by atoms with E-state index >= 15 is 0 Å². The molecule has 164 valence electrons. The summed E-state index contributed by atoms with van der Waals surface area (Å²) in [7, 11) is 3.71. The largest absolute Gasteiger partial charge is 0.393 e. The lowest BCUT2D eigenvalue weighted by atomic mass is 9.43. The smallest absolute Gasteiger partial charge is 0.215 e. The minimum absolute atomic E-state index is 0.121. The number of aliphatic hydroxyl groups is 2. The number of fused-ring (bicyclic) bond motifs is 5. The first kappa shape index (κ1) is 21.1. The lowest BCUT2D eigenvalue weighted by Gasteiger charge is -2.63. The summed E-state index contributed by atoms with van der Waals surface area (Å²) in [5, 5.41) is 30.7. The van der Waals surface area contributed by atoms with Gasteiger partial charge in [-0.1, -0.05) is 13.8 Å². The van der Waals surface area contributed by atoms with Crippen LogP contribution in [-0.2, 0) is 0 Å². The van der Waals surface area contributed by atoms with Gasteiger partial charge in [0.05, 0.1) is 11.7 Å². The number of aliphatic hydroxyl groups excluding tert-OH is 1. The second-order valence-corrected chi connectivity index (χ2v) is 11.1. The lowest BCUT2D eigenvalue weighted by Crippen LogP contribution is -2.62. The Morgan fingerprint density at radius 1 is 1.03 bits per heavy atom. The number of nitrogens with two attached hydrogens (primary N) is 1. The average molecular weight is 405 g/mol. The fourth-order valence-corrected chi connectivity index (χ4v) is 7.75. The van der Waals surface area contributed by atoms with E-state index in [1.807, 2.05) is 20.3 Å². The summed E-state index contributed by atoms with van der Waals surface area (Å²) in [5.41, 5.74) is 5.38. The van der Waals surface area contributed by atoms with Crippen LogP contribution in [0.4, 0.5) is 0 Å². The average Bonchev–Trinajstić information content (AvgIpc) is 2.93. The molecule has 0 radical (unpaired) electrons. The van der Waals surface area contributed by atoms with Gasteiger partial charge in [0.1, 0.15) is 0 Å². The highest BCUT2D eigenvalue weighted by Crippen LogP contribution is 2.68. The van der Waals surface area contributed by atoms with Crippen LogP contribution in [0.1, 0.15) is 71.6 Å². The molecular weight excluding hydrogens is 364 g/mol. The summed E-state index contributed by atoms with van der Waals surface area (Å²) >= 11 is 0. The van der Waals surface area contributed by atoms with Crippen LogP contribution in [0.3, 0.4) is 0 Å². The standard InChI is InChI=1S/C23H40N4O2/c1-21-10-8-17(28)13-15(21)5-6-19-18(21)9-11-22(2)16(7-12-23(19,22)29)14-25-26-20(24)27(3)4/h14-19,28-29H,5-13H2,1-4H3,(H2,24,26)/b25-14+/t15-,16-,17+,18+,19-,21+,22-,23+/m1/s1. The zero-order valence-electron chi connectivity index (χ0n) is 18.6. The SMILES string of the molecule is CN(C)C(N)=N/N=C/[C@H]1CC[C@]2(O)[C@@H]3CC[C@@H]4C[C@@H](O)CC[C@]4(C)[C@H]3CC[C@]12C. The van der Waals surface area contributed by atoms with E-state index in [2.05, 4.69) is 24.1 Å². The quantitative estimate of drug-likeness (QED) is 0.375. The van der Waals surface area contributed by atoms with Crippen LogP contribution in [0.5, 0.6) is 0 Å². The molecule has 6 nitrogen and oxygen atoms in total. The van der Waals surface area contributed by atoms with Crippen LogP contribution in [0.25, 0.3) is 0 Å². The molecule has 4 fully saturated rings. The molecule has 8 atom stereocenters. The van der Waals surface area contributed by atoms with Gasteiger partial charge in [-0.3, -0.25) is 0 Å². The maximum Gasteiger partial charge on any atom is 0.215 e. The first-order chi connectivity index (χ1) is 13.6. The summed E-state index contributed by atoms with van der Waals surface area (Å²) in [6, 6.07) is 0. The number of hydrogen-bond acceptors (Lipinski definition) is 4. The molecule has 29 heavy (non-hydrogen) atoms. The van der Waals surface area contributed by atoms with Crippen molar-refractivity contribution in [1.29, 1.82) is 0 Å². The van der Waals surface area contributed by atoms with Gasteiger partial charge >= 0.3 is 0 Å². The van der Waals surface area contributed by atoms with Crippen LogP contribution in [-0.4, -0.2) is 53.1 Å². The van der Waals surface area contributed by atoms with Gasteiger partial charge in [-0.15, -0.1) is 5.10 Å². The van der Waals surface area contributed by atoms with E-state index in [1.165, 1.54) is 6.42 Å². The molecule has 0 unspecified atom stereocenters. The van der Waals surface area contributed by atoms with Crippen molar-refractivity contribution in [2.24, 2.45) is 50.4 Å². The van der Waals surface area contributed by atoms with Crippen molar-refractivity contribution < 1.29 is 10.2 Å². The maximum atomic E-state index is 12.1. The summed E-state index contributed by atoms with van der Waals surface area (Å²) in [4.78, 5) is 1.75. The van der Waals surface area contributed by atoms with Crippen LogP contribution in [0.2, 0.25) is 0 Å². The Labute approximate surface area is 175 Å². The summed E-state index contributed by atoms with van der Waals surface area (Å²) in [5.74, 6) is 2.19. The van der Waals surface area contributed by atoms with E-state index in [9.17, 15) is 10.2 Å². The molecular formula is C23H40N4O2. The Balaban J connectivity index is 1.57. The molecule has 0 aromatic heterocycles. The third-order valence-electron chi connectivity index (χ3n) is 9.76. The van der Waals surface area contributed by atoms with Gasteiger partial charge in [-0.05, 0) is 81.0 Å². The van der Waals surface area contributed by atoms with Crippen molar-refractivity contribution >= 4 is 12.2 Å². The van der Waals surface area contributed by atoms with E-state index in [4.69, 9.17) is 5.73 Å². The van der Waals surface area contributed by atoms with Crippen LogP contribution >= 0.6 is 0 Å². The predicted molar refractivity (Wildman–Crippen MR) is 116 cm³/mol. The van der Waals surface area contributed by atoms with Crippen molar-refractivity contribution in [2.45, 2.75) is 83.3 Å².